The number of ether oxygens (including phenoxy) is 1. The van der Waals surface area contributed by atoms with Gasteiger partial charge >= 0.3 is 6.09 Å². The number of amides is 1. The quantitative estimate of drug-likeness (QED) is 0.824. The first kappa shape index (κ1) is 16.3. The Hall–Kier alpha value is -0.770. The topological polar surface area (TPSA) is 64.3 Å². The lowest BCUT2D eigenvalue weighted by Gasteiger charge is -2.35. The molecule has 112 valence electrons. The van der Waals surface area contributed by atoms with Gasteiger partial charge < -0.3 is 15.8 Å². The lowest BCUT2D eigenvalue weighted by Crippen LogP contribution is -2.42. The minimum atomic E-state index is -0.455. The molecule has 1 aliphatic carbocycles. The number of hydrogen-bond acceptors (Lipinski definition) is 3. The molecule has 0 aromatic carbocycles. The van der Waals surface area contributed by atoms with Crippen molar-refractivity contribution in [2.75, 3.05) is 6.54 Å². The molecule has 1 amide bonds. The van der Waals surface area contributed by atoms with Gasteiger partial charge in [0.1, 0.15) is 5.60 Å². The van der Waals surface area contributed by atoms with Gasteiger partial charge in [-0.2, -0.15) is 0 Å². The summed E-state index contributed by atoms with van der Waals surface area (Å²) in [5.41, 5.74) is 6.03. The molecule has 1 fully saturated rings. The first-order valence-corrected chi connectivity index (χ1v) is 7.43. The van der Waals surface area contributed by atoms with Crippen molar-refractivity contribution in [3.63, 3.8) is 0 Å². The van der Waals surface area contributed by atoms with E-state index in [1.54, 1.807) is 0 Å². The molecule has 1 unspecified atom stereocenters. The van der Waals surface area contributed by atoms with Crippen molar-refractivity contribution in [2.24, 2.45) is 11.1 Å². The summed E-state index contributed by atoms with van der Waals surface area (Å²) in [6.07, 6.45) is 7.08. The minimum Gasteiger partial charge on any atom is -0.444 e. The molecule has 1 atom stereocenters. The average Bonchev–Trinajstić information content (AvgIpc) is 2.24. The minimum absolute atomic E-state index is 0.00983. The first-order valence-electron chi connectivity index (χ1n) is 7.43. The van der Waals surface area contributed by atoms with Crippen LogP contribution >= 0.6 is 0 Å². The van der Waals surface area contributed by atoms with Crippen LogP contribution in [0.3, 0.4) is 0 Å². The van der Waals surface area contributed by atoms with E-state index < -0.39 is 5.60 Å². The van der Waals surface area contributed by atoms with Crippen molar-refractivity contribution in [1.29, 1.82) is 0 Å². The van der Waals surface area contributed by atoms with Crippen LogP contribution in [0.4, 0.5) is 4.79 Å². The maximum atomic E-state index is 11.5. The van der Waals surface area contributed by atoms with Crippen LogP contribution in [0.1, 0.15) is 66.2 Å². The summed E-state index contributed by atoms with van der Waals surface area (Å²) >= 11 is 0. The maximum Gasteiger partial charge on any atom is 0.407 e. The highest BCUT2D eigenvalue weighted by Gasteiger charge is 2.29. The number of carbonyl (C=O) groups excluding carboxylic acids is 1. The first-order chi connectivity index (χ1) is 8.70. The molecule has 0 aromatic heterocycles. The third kappa shape index (κ3) is 6.81. The monoisotopic (exact) mass is 270 g/mol. The van der Waals surface area contributed by atoms with Crippen LogP contribution in [0, 0.1) is 5.41 Å². The van der Waals surface area contributed by atoms with Crippen LogP contribution in [-0.4, -0.2) is 24.3 Å². The molecule has 0 heterocycles. The fourth-order valence-corrected chi connectivity index (χ4v) is 2.84. The molecule has 0 saturated heterocycles. The second-order valence-electron chi connectivity index (χ2n) is 7.22. The lowest BCUT2D eigenvalue weighted by atomic mass is 9.72. The van der Waals surface area contributed by atoms with Gasteiger partial charge in [0, 0.05) is 12.6 Å². The maximum absolute atomic E-state index is 11.5. The highest BCUT2D eigenvalue weighted by Crippen LogP contribution is 2.39. The zero-order valence-electron chi connectivity index (χ0n) is 12.9. The predicted molar refractivity (Wildman–Crippen MR) is 78.0 cm³/mol. The van der Waals surface area contributed by atoms with Crippen molar-refractivity contribution in [3.05, 3.63) is 0 Å². The highest BCUT2D eigenvalue weighted by molar-refractivity contribution is 5.67. The van der Waals surface area contributed by atoms with Crippen LogP contribution < -0.4 is 11.1 Å². The molecule has 0 aliphatic heterocycles. The number of nitrogens with one attached hydrogen (secondary N) is 1. The Morgan fingerprint density at radius 3 is 2.42 bits per heavy atom. The van der Waals surface area contributed by atoms with Crippen molar-refractivity contribution in [1.82, 2.24) is 5.32 Å². The molecule has 1 saturated carbocycles. The Labute approximate surface area is 117 Å². The molecular weight excluding hydrogens is 240 g/mol. The van der Waals surface area contributed by atoms with E-state index >= 15 is 0 Å². The van der Waals surface area contributed by atoms with Gasteiger partial charge in [-0.05, 0) is 45.4 Å². The molecule has 0 bridgehead atoms. The van der Waals surface area contributed by atoms with E-state index in [4.69, 9.17) is 10.5 Å². The molecule has 3 N–H and O–H groups in total. The van der Waals surface area contributed by atoms with Gasteiger partial charge in [-0.25, -0.2) is 4.79 Å². The number of carbonyl (C=O) groups is 1. The number of hydrogen-bond donors (Lipinski definition) is 2. The summed E-state index contributed by atoms with van der Waals surface area (Å²) in [7, 11) is 0. The Morgan fingerprint density at radius 2 is 1.89 bits per heavy atom. The van der Waals surface area contributed by atoms with E-state index in [2.05, 4.69) is 12.2 Å². The van der Waals surface area contributed by atoms with Crippen LogP contribution in [-0.2, 0) is 4.74 Å². The Bertz CT molecular complexity index is 291. The fraction of sp³-hybridized carbons (Fsp3) is 0.933. The van der Waals surface area contributed by atoms with Gasteiger partial charge in [-0.1, -0.05) is 26.2 Å². The number of rotatable bonds is 4. The Kier molecular flexibility index (Phi) is 5.65. The standard InChI is InChI=1S/C15H30N2O2/c1-14(2,3)19-13(18)17-11-12(16)10-15(4)8-6-5-7-9-15/h12H,5-11,16H2,1-4H3,(H,17,18). The molecule has 0 aromatic rings. The van der Waals surface area contributed by atoms with E-state index in [-0.39, 0.29) is 12.1 Å². The van der Waals surface area contributed by atoms with Gasteiger partial charge in [0.25, 0.3) is 0 Å². The van der Waals surface area contributed by atoms with E-state index in [1.165, 1.54) is 32.1 Å². The third-order valence-corrected chi connectivity index (χ3v) is 3.72. The van der Waals surface area contributed by atoms with Crippen LogP contribution in [0.2, 0.25) is 0 Å². The molecule has 4 heteroatoms. The van der Waals surface area contributed by atoms with E-state index in [9.17, 15) is 4.79 Å². The SMILES string of the molecule is CC1(CC(N)CNC(=O)OC(C)(C)C)CCCCC1. The summed E-state index contributed by atoms with van der Waals surface area (Å²) in [4.78, 5) is 11.5. The molecule has 0 spiro atoms. The van der Waals surface area contributed by atoms with Gasteiger partial charge in [0.15, 0.2) is 0 Å². The Balaban J connectivity index is 2.27. The zero-order valence-corrected chi connectivity index (χ0v) is 12.9. The molecule has 19 heavy (non-hydrogen) atoms. The van der Waals surface area contributed by atoms with Gasteiger partial charge in [0.05, 0.1) is 0 Å². The van der Waals surface area contributed by atoms with Gasteiger partial charge in [-0.15, -0.1) is 0 Å². The number of nitrogens with two attached hydrogens (primary N) is 1. The van der Waals surface area contributed by atoms with E-state index in [0.29, 0.717) is 12.0 Å². The summed E-state index contributed by atoms with van der Waals surface area (Å²) in [6, 6.07) is 0.00983. The molecule has 0 radical (unpaired) electrons. The van der Waals surface area contributed by atoms with Crippen molar-refractivity contribution >= 4 is 6.09 Å². The van der Waals surface area contributed by atoms with E-state index in [0.717, 1.165) is 6.42 Å². The third-order valence-electron chi connectivity index (χ3n) is 3.72. The van der Waals surface area contributed by atoms with Crippen LogP contribution in [0.5, 0.6) is 0 Å². The highest BCUT2D eigenvalue weighted by atomic mass is 16.6. The smallest absolute Gasteiger partial charge is 0.407 e. The van der Waals surface area contributed by atoms with Crippen molar-refractivity contribution in [3.8, 4) is 0 Å². The number of alkyl carbamates (subject to hydrolysis) is 1. The lowest BCUT2D eigenvalue weighted by molar-refractivity contribution is 0.0519. The van der Waals surface area contributed by atoms with Crippen LogP contribution in [0.15, 0.2) is 0 Å². The Morgan fingerprint density at radius 1 is 1.32 bits per heavy atom. The summed E-state index contributed by atoms with van der Waals surface area (Å²) in [6.45, 7) is 8.38. The molecule has 1 aliphatic rings. The predicted octanol–water partition coefficient (Wildman–Crippen LogP) is 3.20. The molecule has 1 rings (SSSR count). The summed E-state index contributed by atoms with van der Waals surface area (Å²) < 4.78 is 5.20. The second-order valence-corrected chi connectivity index (χ2v) is 7.22. The zero-order chi connectivity index (χ0) is 14.5. The fourth-order valence-electron chi connectivity index (χ4n) is 2.84. The van der Waals surface area contributed by atoms with Gasteiger partial charge in [0.2, 0.25) is 0 Å². The molecular formula is C15H30N2O2. The summed E-state index contributed by atoms with van der Waals surface area (Å²) in [5.74, 6) is 0. The largest absolute Gasteiger partial charge is 0.444 e. The second kappa shape index (κ2) is 6.60. The van der Waals surface area contributed by atoms with Crippen molar-refractivity contribution in [2.45, 2.75) is 77.9 Å². The summed E-state index contributed by atoms with van der Waals surface area (Å²) in [5, 5.41) is 2.76. The van der Waals surface area contributed by atoms with E-state index in [1.807, 2.05) is 20.8 Å². The van der Waals surface area contributed by atoms with Crippen LogP contribution in [0.25, 0.3) is 0 Å². The molecule has 4 nitrogen and oxygen atoms in total. The van der Waals surface area contributed by atoms with Gasteiger partial charge in [-0.3, -0.25) is 0 Å². The van der Waals surface area contributed by atoms with Crippen molar-refractivity contribution < 1.29 is 9.53 Å². The average molecular weight is 270 g/mol. The normalized spacial score (nSPS) is 20.7.